The van der Waals surface area contributed by atoms with Crippen LogP contribution in [0.5, 0.6) is 5.75 Å². The largest absolute Gasteiger partial charge is 0.491 e. The van der Waals surface area contributed by atoms with Crippen LogP contribution in [-0.2, 0) is 4.79 Å². The Kier molecular flexibility index (Phi) is 7.45. The maximum Gasteiger partial charge on any atom is 0.223 e. The van der Waals surface area contributed by atoms with Crippen molar-refractivity contribution in [2.75, 3.05) is 26.2 Å². The number of halogens is 3. The van der Waals surface area contributed by atoms with Crippen molar-refractivity contribution in [3.63, 3.8) is 0 Å². The lowest BCUT2D eigenvalue weighted by molar-refractivity contribution is -0.121. The van der Waals surface area contributed by atoms with Crippen molar-refractivity contribution in [3.8, 4) is 5.75 Å². The maximum absolute atomic E-state index is 11.6. The van der Waals surface area contributed by atoms with Crippen molar-refractivity contribution >= 4 is 41.5 Å². The van der Waals surface area contributed by atoms with Gasteiger partial charge in [0, 0.05) is 30.6 Å². The first-order chi connectivity index (χ1) is 9.15. The van der Waals surface area contributed by atoms with E-state index < -0.39 is 0 Å². The molecule has 0 unspecified atom stereocenters. The summed E-state index contributed by atoms with van der Waals surface area (Å²) in [6, 6.07) is 5.01. The molecule has 1 fully saturated rings. The quantitative estimate of drug-likeness (QED) is 0.837. The maximum atomic E-state index is 11.6. The molecule has 112 valence electrons. The van der Waals surface area contributed by atoms with Gasteiger partial charge in [0.2, 0.25) is 5.91 Å². The third-order valence-corrected chi connectivity index (χ3v) is 3.47. The minimum Gasteiger partial charge on any atom is -0.491 e. The number of amides is 1. The van der Waals surface area contributed by atoms with Crippen LogP contribution in [0.4, 0.5) is 0 Å². The number of carbonyl (C=O) groups excluding carboxylic acids is 1. The van der Waals surface area contributed by atoms with Crippen LogP contribution in [0.3, 0.4) is 0 Å². The summed E-state index contributed by atoms with van der Waals surface area (Å²) in [7, 11) is 0. The molecule has 1 aliphatic rings. The van der Waals surface area contributed by atoms with Crippen molar-refractivity contribution in [2.45, 2.75) is 6.42 Å². The van der Waals surface area contributed by atoms with Gasteiger partial charge in [-0.2, -0.15) is 0 Å². The second-order valence-electron chi connectivity index (χ2n) is 4.50. The predicted molar refractivity (Wildman–Crippen MR) is 83.2 cm³/mol. The normalized spacial score (nSPS) is 14.1. The molecule has 7 heteroatoms. The first-order valence-electron chi connectivity index (χ1n) is 6.20. The molecule has 1 saturated heterocycles. The second kappa shape index (κ2) is 8.57. The smallest absolute Gasteiger partial charge is 0.223 e. The van der Waals surface area contributed by atoms with Gasteiger partial charge in [0.15, 0.2) is 0 Å². The SMILES string of the molecule is Cl.O=C(CCOc1ccc(Cl)cc1Cl)NCC1CNC1. The molecule has 0 radical (unpaired) electrons. The molecule has 1 aliphatic heterocycles. The molecule has 1 aromatic rings. The van der Waals surface area contributed by atoms with Crippen LogP contribution < -0.4 is 15.4 Å². The van der Waals surface area contributed by atoms with Crippen LogP contribution in [0.15, 0.2) is 18.2 Å². The van der Waals surface area contributed by atoms with Gasteiger partial charge in [-0.3, -0.25) is 4.79 Å². The van der Waals surface area contributed by atoms with Crippen LogP contribution in [0.25, 0.3) is 0 Å². The summed E-state index contributed by atoms with van der Waals surface area (Å²) in [6.45, 7) is 3.00. The van der Waals surface area contributed by atoms with Gasteiger partial charge in [-0.05, 0) is 18.2 Å². The topological polar surface area (TPSA) is 50.4 Å². The highest BCUT2D eigenvalue weighted by Crippen LogP contribution is 2.27. The Hall–Kier alpha value is -0.680. The Labute approximate surface area is 134 Å². The molecule has 4 nitrogen and oxygen atoms in total. The van der Waals surface area contributed by atoms with E-state index in [4.69, 9.17) is 27.9 Å². The van der Waals surface area contributed by atoms with Gasteiger partial charge in [-0.1, -0.05) is 23.2 Å². The summed E-state index contributed by atoms with van der Waals surface area (Å²) in [4.78, 5) is 11.6. The van der Waals surface area contributed by atoms with Crippen LogP contribution in [-0.4, -0.2) is 32.1 Å². The number of benzene rings is 1. The first-order valence-corrected chi connectivity index (χ1v) is 6.96. The summed E-state index contributed by atoms with van der Waals surface area (Å²) in [5.74, 6) is 1.11. The molecule has 1 amide bonds. The fraction of sp³-hybridized carbons (Fsp3) is 0.462. The highest BCUT2D eigenvalue weighted by Gasteiger charge is 2.16. The molecule has 0 spiro atoms. The summed E-state index contributed by atoms with van der Waals surface area (Å²) >= 11 is 11.7. The van der Waals surface area contributed by atoms with E-state index in [1.165, 1.54) is 0 Å². The van der Waals surface area contributed by atoms with Gasteiger partial charge in [0.05, 0.1) is 18.1 Å². The number of ether oxygens (including phenoxy) is 1. The number of hydrogen-bond donors (Lipinski definition) is 2. The highest BCUT2D eigenvalue weighted by atomic mass is 35.5. The monoisotopic (exact) mass is 338 g/mol. The third-order valence-electron chi connectivity index (χ3n) is 2.93. The third kappa shape index (κ3) is 5.37. The summed E-state index contributed by atoms with van der Waals surface area (Å²) in [6.07, 6.45) is 0.319. The van der Waals surface area contributed by atoms with Crippen molar-refractivity contribution in [3.05, 3.63) is 28.2 Å². The molecule has 0 saturated carbocycles. The average molecular weight is 340 g/mol. The fourth-order valence-electron chi connectivity index (χ4n) is 1.69. The summed E-state index contributed by atoms with van der Waals surface area (Å²) in [5, 5.41) is 7.05. The zero-order chi connectivity index (χ0) is 13.7. The molecular formula is C13H17Cl3N2O2. The van der Waals surface area contributed by atoms with E-state index in [0.717, 1.165) is 19.6 Å². The van der Waals surface area contributed by atoms with Gasteiger partial charge < -0.3 is 15.4 Å². The average Bonchev–Trinajstić information content (AvgIpc) is 2.30. The van der Waals surface area contributed by atoms with Gasteiger partial charge in [-0.15, -0.1) is 12.4 Å². The van der Waals surface area contributed by atoms with E-state index in [1.807, 2.05) is 0 Å². The lowest BCUT2D eigenvalue weighted by Crippen LogP contribution is -2.48. The first kappa shape index (κ1) is 17.4. The molecule has 1 aromatic carbocycles. The standard InChI is InChI=1S/C13H16Cl2N2O2.ClH/c14-10-1-2-12(11(15)5-10)19-4-3-13(18)17-8-9-6-16-7-9;/h1-2,5,9,16H,3-4,6-8H2,(H,17,18);1H. The van der Waals surface area contributed by atoms with Gasteiger partial charge in [0.1, 0.15) is 5.75 Å². The lowest BCUT2D eigenvalue weighted by Gasteiger charge is -2.27. The van der Waals surface area contributed by atoms with E-state index in [1.54, 1.807) is 18.2 Å². The lowest BCUT2D eigenvalue weighted by atomic mass is 10.0. The molecule has 0 aliphatic carbocycles. The summed E-state index contributed by atoms with van der Waals surface area (Å²) in [5.41, 5.74) is 0. The Balaban J connectivity index is 0.00000200. The number of carbonyl (C=O) groups is 1. The van der Waals surface area contributed by atoms with E-state index in [9.17, 15) is 4.79 Å². The van der Waals surface area contributed by atoms with Crippen molar-refractivity contribution in [1.29, 1.82) is 0 Å². The zero-order valence-electron chi connectivity index (χ0n) is 10.8. The van der Waals surface area contributed by atoms with Crippen molar-refractivity contribution in [1.82, 2.24) is 10.6 Å². The van der Waals surface area contributed by atoms with E-state index >= 15 is 0 Å². The molecule has 20 heavy (non-hydrogen) atoms. The van der Waals surface area contributed by atoms with Crippen LogP contribution >= 0.6 is 35.6 Å². The molecule has 0 aromatic heterocycles. The van der Waals surface area contributed by atoms with E-state index in [2.05, 4.69) is 10.6 Å². The van der Waals surface area contributed by atoms with Gasteiger partial charge in [-0.25, -0.2) is 0 Å². The Morgan fingerprint density at radius 1 is 1.40 bits per heavy atom. The van der Waals surface area contributed by atoms with Gasteiger partial charge >= 0.3 is 0 Å². The second-order valence-corrected chi connectivity index (χ2v) is 5.35. The number of rotatable bonds is 6. The minimum atomic E-state index is -0.00279. The van der Waals surface area contributed by atoms with Crippen LogP contribution in [0.1, 0.15) is 6.42 Å². The summed E-state index contributed by atoms with van der Waals surface area (Å²) < 4.78 is 5.45. The number of hydrogen-bond acceptors (Lipinski definition) is 3. The van der Waals surface area contributed by atoms with Crippen LogP contribution in [0, 0.1) is 5.92 Å². The Bertz CT molecular complexity index is 453. The van der Waals surface area contributed by atoms with E-state index in [0.29, 0.717) is 34.7 Å². The minimum absolute atomic E-state index is 0. The molecular weight excluding hydrogens is 323 g/mol. The molecule has 2 rings (SSSR count). The van der Waals surface area contributed by atoms with Crippen molar-refractivity contribution < 1.29 is 9.53 Å². The van der Waals surface area contributed by atoms with Crippen molar-refractivity contribution in [2.24, 2.45) is 5.92 Å². The van der Waals surface area contributed by atoms with E-state index in [-0.39, 0.29) is 18.3 Å². The molecule has 0 atom stereocenters. The Morgan fingerprint density at radius 2 is 2.15 bits per heavy atom. The number of nitrogens with one attached hydrogen (secondary N) is 2. The van der Waals surface area contributed by atoms with Crippen LogP contribution in [0.2, 0.25) is 10.0 Å². The molecule has 1 heterocycles. The molecule has 0 bridgehead atoms. The molecule has 2 N–H and O–H groups in total. The Morgan fingerprint density at radius 3 is 2.75 bits per heavy atom. The highest BCUT2D eigenvalue weighted by molar-refractivity contribution is 6.35. The van der Waals surface area contributed by atoms with Gasteiger partial charge in [0.25, 0.3) is 0 Å². The fourth-order valence-corrected chi connectivity index (χ4v) is 2.15. The predicted octanol–water partition coefficient (Wildman–Crippen LogP) is 2.52. The zero-order valence-corrected chi connectivity index (χ0v) is 13.2.